The number of amides is 2. The summed E-state index contributed by atoms with van der Waals surface area (Å²) in [6.45, 7) is 0. The first-order valence-electron chi connectivity index (χ1n) is 9.91. The zero-order valence-electron chi connectivity index (χ0n) is 15.9. The number of methoxy groups -OCH3 is 1. The smallest absolute Gasteiger partial charge is 0.238 e. The number of hydrogen-bond acceptors (Lipinski definition) is 3. The van der Waals surface area contributed by atoms with Crippen LogP contribution in [0.2, 0.25) is 0 Å². The zero-order chi connectivity index (χ0) is 19.7. The van der Waals surface area contributed by atoms with Crippen LogP contribution >= 0.6 is 0 Å². The molecule has 7 rings (SSSR count). The van der Waals surface area contributed by atoms with Crippen LogP contribution in [0.3, 0.4) is 0 Å². The van der Waals surface area contributed by atoms with Crippen molar-refractivity contribution in [1.82, 2.24) is 0 Å². The summed E-state index contributed by atoms with van der Waals surface area (Å²) in [7, 11) is 1.56. The molecule has 29 heavy (non-hydrogen) atoms. The maximum atomic E-state index is 13.7. The number of imide groups is 1. The highest BCUT2D eigenvalue weighted by Gasteiger charge is 2.62. The second-order valence-corrected chi connectivity index (χ2v) is 7.95. The number of ether oxygens (including phenoxy) is 1. The second kappa shape index (κ2) is 5.80. The summed E-state index contributed by atoms with van der Waals surface area (Å²) in [5.41, 5.74) is 5.26. The predicted octanol–water partition coefficient (Wildman–Crippen LogP) is 4.09. The van der Waals surface area contributed by atoms with Crippen molar-refractivity contribution in [3.8, 4) is 5.75 Å². The van der Waals surface area contributed by atoms with E-state index in [1.165, 1.54) is 27.2 Å². The lowest BCUT2D eigenvalue weighted by Gasteiger charge is -2.45. The highest BCUT2D eigenvalue weighted by atomic mass is 16.5. The number of benzene rings is 3. The minimum Gasteiger partial charge on any atom is -0.495 e. The van der Waals surface area contributed by atoms with Gasteiger partial charge >= 0.3 is 0 Å². The fourth-order valence-corrected chi connectivity index (χ4v) is 5.73. The van der Waals surface area contributed by atoms with Gasteiger partial charge in [-0.25, -0.2) is 4.90 Å². The van der Waals surface area contributed by atoms with E-state index in [0.29, 0.717) is 11.4 Å². The van der Waals surface area contributed by atoms with Crippen LogP contribution in [0.25, 0.3) is 0 Å². The molecule has 2 atom stereocenters. The average Bonchev–Trinajstić information content (AvgIpc) is 3.04. The molecule has 1 fully saturated rings. The Kier molecular flexibility index (Phi) is 3.31. The lowest BCUT2D eigenvalue weighted by atomic mass is 9.55. The van der Waals surface area contributed by atoms with Gasteiger partial charge in [-0.3, -0.25) is 9.59 Å². The van der Waals surface area contributed by atoms with Crippen LogP contribution in [0.4, 0.5) is 5.69 Å². The van der Waals surface area contributed by atoms with Gasteiger partial charge in [-0.15, -0.1) is 0 Å². The fourth-order valence-electron chi connectivity index (χ4n) is 5.73. The Morgan fingerprint density at radius 2 is 1.07 bits per heavy atom. The van der Waals surface area contributed by atoms with Crippen molar-refractivity contribution >= 4 is 17.5 Å². The highest BCUT2D eigenvalue weighted by molar-refractivity contribution is 6.24. The first-order chi connectivity index (χ1) is 14.2. The summed E-state index contributed by atoms with van der Waals surface area (Å²) in [6.07, 6.45) is 0. The molecule has 1 heterocycles. The SMILES string of the molecule is COc1ccccc1N1C(=O)[C@@H]2C3c4ccccc4C(c4ccccc43)[C@H]2C1=O. The van der Waals surface area contributed by atoms with Gasteiger partial charge in [-0.1, -0.05) is 60.7 Å². The molecular weight excluding hydrogens is 362 g/mol. The van der Waals surface area contributed by atoms with Crippen LogP contribution in [0.15, 0.2) is 72.8 Å². The quantitative estimate of drug-likeness (QED) is 0.628. The Labute approximate surface area is 168 Å². The summed E-state index contributed by atoms with van der Waals surface area (Å²) < 4.78 is 5.45. The molecule has 0 radical (unpaired) electrons. The molecule has 2 bridgehead atoms. The molecule has 3 aliphatic carbocycles. The summed E-state index contributed by atoms with van der Waals surface area (Å²) in [5, 5.41) is 0. The van der Waals surface area contributed by atoms with E-state index in [4.69, 9.17) is 4.74 Å². The van der Waals surface area contributed by atoms with Crippen molar-refractivity contribution in [3.63, 3.8) is 0 Å². The third-order valence-electron chi connectivity index (χ3n) is 6.77. The molecule has 4 heteroatoms. The van der Waals surface area contributed by atoms with E-state index in [-0.39, 0.29) is 35.5 Å². The summed E-state index contributed by atoms with van der Waals surface area (Å²) >= 11 is 0. The largest absolute Gasteiger partial charge is 0.495 e. The van der Waals surface area contributed by atoms with E-state index in [1.54, 1.807) is 19.2 Å². The number of hydrogen-bond donors (Lipinski definition) is 0. The number of anilines is 1. The molecule has 0 saturated carbocycles. The fraction of sp³-hybridized carbons (Fsp3) is 0.200. The minimum absolute atomic E-state index is 0.0893. The zero-order valence-corrected chi connectivity index (χ0v) is 15.9. The van der Waals surface area contributed by atoms with Crippen LogP contribution in [0.5, 0.6) is 5.75 Å². The van der Waals surface area contributed by atoms with E-state index in [2.05, 4.69) is 24.3 Å². The third kappa shape index (κ3) is 1.98. The minimum atomic E-state index is -0.373. The first kappa shape index (κ1) is 16.5. The van der Waals surface area contributed by atoms with Crippen LogP contribution in [0, 0.1) is 11.8 Å². The monoisotopic (exact) mass is 381 g/mol. The number of carbonyl (C=O) groups is 2. The van der Waals surface area contributed by atoms with E-state index < -0.39 is 0 Å². The molecule has 0 N–H and O–H groups in total. The molecule has 1 aliphatic heterocycles. The van der Waals surface area contributed by atoms with Crippen molar-refractivity contribution in [1.29, 1.82) is 0 Å². The third-order valence-corrected chi connectivity index (χ3v) is 6.77. The number of para-hydroxylation sites is 2. The van der Waals surface area contributed by atoms with E-state index in [9.17, 15) is 9.59 Å². The first-order valence-corrected chi connectivity index (χ1v) is 9.91. The molecule has 4 nitrogen and oxygen atoms in total. The van der Waals surface area contributed by atoms with Gasteiger partial charge in [0, 0.05) is 11.8 Å². The molecule has 0 spiro atoms. The molecule has 3 aromatic carbocycles. The van der Waals surface area contributed by atoms with Gasteiger partial charge in [0.05, 0.1) is 24.6 Å². The van der Waals surface area contributed by atoms with E-state index >= 15 is 0 Å². The van der Waals surface area contributed by atoms with Crippen molar-refractivity contribution in [2.45, 2.75) is 11.8 Å². The van der Waals surface area contributed by atoms with Crippen molar-refractivity contribution < 1.29 is 14.3 Å². The Balaban J connectivity index is 1.58. The van der Waals surface area contributed by atoms with Gasteiger partial charge in [0.25, 0.3) is 0 Å². The van der Waals surface area contributed by atoms with Crippen molar-refractivity contribution in [2.75, 3.05) is 12.0 Å². The maximum absolute atomic E-state index is 13.7. The molecule has 4 aliphatic rings. The highest BCUT2D eigenvalue weighted by Crippen LogP contribution is 2.61. The Morgan fingerprint density at radius 3 is 1.52 bits per heavy atom. The van der Waals surface area contributed by atoms with Crippen LogP contribution in [-0.4, -0.2) is 18.9 Å². The van der Waals surface area contributed by atoms with Gasteiger partial charge in [-0.05, 0) is 34.4 Å². The topological polar surface area (TPSA) is 46.6 Å². The maximum Gasteiger partial charge on any atom is 0.238 e. The van der Waals surface area contributed by atoms with Crippen molar-refractivity contribution in [3.05, 3.63) is 95.1 Å². The number of carbonyl (C=O) groups excluding carboxylic acids is 2. The molecule has 1 saturated heterocycles. The molecule has 0 unspecified atom stereocenters. The number of nitrogens with zero attached hydrogens (tertiary/aromatic N) is 1. The van der Waals surface area contributed by atoms with E-state index in [1.807, 2.05) is 36.4 Å². The van der Waals surface area contributed by atoms with Crippen LogP contribution in [0.1, 0.15) is 34.1 Å². The van der Waals surface area contributed by atoms with E-state index in [0.717, 1.165) is 0 Å². The predicted molar refractivity (Wildman–Crippen MR) is 109 cm³/mol. The van der Waals surface area contributed by atoms with Gasteiger partial charge in [-0.2, -0.15) is 0 Å². The summed E-state index contributed by atoms with van der Waals surface area (Å²) in [4.78, 5) is 28.7. The van der Waals surface area contributed by atoms with Crippen molar-refractivity contribution in [2.24, 2.45) is 11.8 Å². The standard InChI is InChI=1S/C25H19NO3/c1-29-19-13-7-6-12-18(19)26-24(27)22-20-14-8-2-3-9-15(14)21(23(22)25(26)28)17-11-5-4-10-16(17)20/h2-13,20-23H,1H3/t20?,21?,22-,23-/m1/s1. The normalized spacial score (nSPS) is 26.2. The Hall–Kier alpha value is -3.40. The van der Waals surface area contributed by atoms with Crippen LogP contribution in [-0.2, 0) is 9.59 Å². The molecule has 2 amide bonds. The Bertz CT molecular complexity index is 1070. The van der Waals surface area contributed by atoms with Gasteiger partial charge in [0.2, 0.25) is 11.8 Å². The summed E-state index contributed by atoms with van der Waals surface area (Å²) in [6, 6.07) is 23.8. The molecular formula is C25H19NO3. The van der Waals surface area contributed by atoms with Gasteiger partial charge in [0.15, 0.2) is 0 Å². The van der Waals surface area contributed by atoms with Gasteiger partial charge < -0.3 is 4.74 Å². The van der Waals surface area contributed by atoms with Gasteiger partial charge in [0.1, 0.15) is 5.75 Å². The Morgan fingerprint density at radius 1 is 0.655 bits per heavy atom. The second-order valence-electron chi connectivity index (χ2n) is 7.95. The molecule has 142 valence electrons. The lowest BCUT2D eigenvalue weighted by molar-refractivity contribution is -0.122. The number of rotatable bonds is 2. The lowest BCUT2D eigenvalue weighted by Crippen LogP contribution is -2.41. The average molecular weight is 381 g/mol. The molecule has 0 aromatic heterocycles. The van der Waals surface area contributed by atoms with Crippen LogP contribution < -0.4 is 9.64 Å². The molecule has 3 aromatic rings. The summed E-state index contributed by atoms with van der Waals surface area (Å²) in [5.74, 6) is -0.631.